The fraction of sp³-hybridized carbons (Fsp3) is 0.385. The highest BCUT2D eigenvalue weighted by Crippen LogP contribution is 2.36. The van der Waals surface area contributed by atoms with Gasteiger partial charge in [-0.15, -0.1) is 0 Å². The van der Waals surface area contributed by atoms with Crippen molar-refractivity contribution >= 4 is 35.6 Å². The minimum atomic E-state index is -1.54. The van der Waals surface area contributed by atoms with Gasteiger partial charge in [0.2, 0.25) is 6.41 Å². The topological polar surface area (TPSA) is 57.6 Å². The maximum Gasteiger partial charge on any atom is 0.334 e. The van der Waals surface area contributed by atoms with Crippen LogP contribution >= 0.6 is 23.2 Å². The van der Waals surface area contributed by atoms with E-state index in [9.17, 15) is 14.7 Å². The molecule has 4 nitrogen and oxygen atoms in total. The molecular formula is C13H15Cl2NO3. The Hall–Kier alpha value is -1.26. The second kappa shape index (κ2) is 6.26. The lowest BCUT2D eigenvalue weighted by Gasteiger charge is -2.36. The molecule has 19 heavy (non-hydrogen) atoms. The van der Waals surface area contributed by atoms with Crippen molar-refractivity contribution in [2.75, 3.05) is 6.54 Å². The average Bonchev–Trinajstić information content (AvgIpc) is 2.38. The van der Waals surface area contributed by atoms with Crippen LogP contribution in [0.25, 0.3) is 0 Å². The zero-order valence-electron chi connectivity index (χ0n) is 10.7. The van der Waals surface area contributed by atoms with Crippen molar-refractivity contribution in [2.45, 2.75) is 25.8 Å². The molecule has 104 valence electrons. The van der Waals surface area contributed by atoms with Crippen molar-refractivity contribution in [1.29, 1.82) is 0 Å². The van der Waals surface area contributed by atoms with Crippen LogP contribution in [0.1, 0.15) is 25.8 Å². The van der Waals surface area contributed by atoms with Gasteiger partial charge in [0, 0.05) is 12.1 Å². The van der Waals surface area contributed by atoms with Gasteiger partial charge in [0.05, 0.1) is 10.0 Å². The molecule has 0 aliphatic heterocycles. The lowest BCUT2D eigenvalue weighted by Crippen LogP contribution is -2.49. The van der Waals surface area contributed by atoms with Crippen LogP contribution in [0, 0.1) is 0 Å². The lowest BCUT2D eigenvalue weighted by molar-refractivity contribution is -0.154. The van der Waals surface area contributed by atoms with Gasteiger partial charge in [-0.3, -0.25) is 4.79 Å². The van der Waals surface area contributed by atoms with Gasteiger partial charge in [0.25, 0.3) is 0 Å². The standard InChI is InChI=1S/C13H15Cl2NO3/c1-3-7-16(8-17)13(2,12(18)19)9-5-4-6-10(14)11(9)15/h4-6,8H,3,7H2,1-2H3,(H,18,19). The second-order valence-corrected chi connectivity index (χ2v) is 5.06. The third kappa shape index (κ3) is 2.85. The fourth-order valence-corrected chi connectivity index (χ4v) is 2.38. The predicted octanol–water partition coefficient (Wildman–Crippen LogP) is 3.16. The van der Waals surface area contributed by atoms with Gasteiger partial charge in [0.15, 0.2) is 5.54 Å². The van der Waals surface area contributed by atoms with E-state index >= 15 is 0 Å². The van der Waals surface area contributed by atoms with Crippen LogP contribution in [-0.2, 0) is 15.1 Å². The highest BCUT2D eigenvalue weighted by molar-refractivity contribution is 6.42. The van der Waals surface area contributed by atoms with E-state index in [0.29, 0.717) is 24.9 Å². The first-order valence-electron chi connectivity index (χ1n) is 5.79. The van der Waals surface area contributed by atoms with Crippen LogP contribution in [0.2, 0.25) is 10.0 Å². The normalized spacial score (nSPS) is 13.7. The Morgan fingerprint density at radius 3 is 2.58 bits per heavy atom. The highest BCUT2D eigenvalue weighted by atomic mass is 35.5. The number of carbonyl (C=O) groups is 2. The summed E-state index contributed by atoms with van der Waals surface area (Å²) in [6, 6.07) is 4.74. The highest BCUT2D eigenvalue weighted by Gasteiger charge is 2.42. The van der Waals surface area contributed by atoms with Gasteiger partial charge in [-0.25, -0.2) is 4.79 Å². The number of carboxylic acid groups (broad SMARTS) is 1. The van der Waals surface area contributed by atoms with Crippen molar-refractivity contribution in [3.63, 3.8) is 0 Å². The Morgan fingerprint density at radius 1 is 1.47 bits per heavy atom. The molecule has 1 atom stereocenters. The van der Waals surface area contributed by atoms with Crippen molar-refractivity contribution < 1.29 is 14.7 Å². The van der Waals surface area contributed by atoms with Crippen LogP contribution in [0.15, 0.2) is 18.2 Å². The van der Waals surface area contributed by atoms with E-state index in [1.165, 1.54) is 11.8 Å². The van der Waals surface area contributed by atoms with E-state index in [2.05, 4.69) is 0 Å². The number of benzene rings is 1. The van der Waals surface area contributed by atoms with E-state index in [1.54, 1.807) is 18.2 Å². The first-order valence-corrected chi connectivity index (χ1v) is 6.55. The molecule has 1 amide bonds. The lowest BCUT2D eigenvalue weighted by atomic mass is 9.90. The van der Waals surface area contributed by atoms with Crippen molar-refractivity contribution in [2.24, 2.45) is 0 Å². The molecule has 0 fully saturated rings. The molecule has 0 saturated carbocycles. The van der Waals surface area contributed by atoms with Crippen molar-refractivity contribution in [3.8, 4) is 0 Å². The van der Waals surface area contributed by atoms with Gasteiger partial charge in [0.1, 0.15) is 0 Å². The Labute approximate surface area is 121 Å². The van der Waals surface area contributed by atoms with Crippen LogP contribution in [-0.4, -0.2) is 28.9 Å². The Bertz CT molecular complexity index is 493. The fourth-order valence-electron chi connectivity index (χ4n) is 1.90. The number of amides is 1. The Kier molecular flexibility index (Phi) is 5.20. The van der Waals surface area contributed by atoms with Gasteiger partial charge >= 0.3 is 5.97 Å². The summed E-state index contributed by atoms with van der Waals surface area (Å²) < 4.78 is 0. The van der Waals surface area contributed by atoms with E-state index in [0.717, 1.165) is 0 Å². The maximum atomic E-state index is 11.7. The molecular weight excluding hydrogens is 289 g/mol. The number of hydrogen-bond acceptors (Lipinski definition) is 2. The van der Waals surface area contributed by atoms with Crippen molar-refractivity contribution in [1.82, 2.24) is 4.90 Å². The molecule has 0 saturated heterocycles. The summed E-state index contributed by atoms with van der Waals surface area (Å²) in [5.74, 6) is -1.16. The first kappa shape index (κ1) is 15.8. The Morgan fingerprint density at radius 2 is 2.11 bits per heavy atom. The van der Waals surface area contributed by atoms with Crippen LogP contribution in [0.4, 0.5) is 0 Å². The van der Waals surface area contributed by atoms with Gasteiger partial charge in [-0.2, -0.15) is 0 Å². The number of halogens is 2. The number of rotatable bonds is 6. The molecule has 0 aliphatic rings. The van der Waals surface area contributed by atoms with Gasteiger partial charge < -0.3 is 10.0 Å². The zero-order chi connectivity index (χ0) is 14.6. The third-order valence-corrected chi connectivity index (χ3v) is 3.88. The zero-order valence-corrected chi connectivity index (χ0v) is 12.2. The SMILES string of the molecule is CCCN(C=O)C(C)(C(=O)O)c1cccc(Cl)c1Cl. The largest absolute Gasteiger partial charge is 0.479 e. The number of carbonyl (C=O) groups excluding carboxylic acids is 1. The Balaban J connectivity index is 3.45. The molecule has 0 aromatic heterocycles. The molecule has 0 heterocycles. The van der Waals surface area contributed by atoms with Crippen LogP contribution in [0.5, 0.6) is 0 Å². The minimum Gasteiger partial charge on any atom is -0.479 e. The van der Waals surface area contributed by atoms with Gasteiger partial charge in [-0.05, 0) is 19.4 Å². The number of aliphatic carboxylic acids is 1. The summed E-state index contributed by atoms with van der Waals surface area (Å²) in [6.07, 6.45) is 1.16. The summed E-state index contributed by atoms with van der Waals surface area (Å²) >= 11 is 12.0. The summed E-state index contributed by atoms with van der Waals surface area (Å²) in [6.45, 7) is 3.62. The van der Waals surface area contributed by atoms with E-state index in [4.69, 9.17) is 23.2 Å². The maximum absolute atomic E-state index is 11.7. The minimum absolute atomic E-state index is 0.150. The average molecular weight is 304 g/mol. The monoisotopic (exact) mass is 303 g/mol. The smallest absolute Gasteiger partial charge is 0.334 e. The van der Waals surface area contributed by atoms with Gasteiger partial charge in [-0.1, -0.05) is 42.3 Å². The quantitative estimate of drug-likeness (QED) is 0.821. The molecule has 6 heteroatoms. The van der Waals surface area contributed by atoms with E-state index < -0.39 is 11.5 Å². The van der Waals surface area contributed by atoms with Crippen LogP contribution < -0.4 is 0 Å². The predicted molar refractivity (Wildman–Crippen MR) is 74.5 cm³/mol. The molecule has 0 spiro atoms. The number of nitrogens with zero attached hydrogens (tertiary/aromatic N) is 1. The van der Waals surface area contributed by atoms with E-state index in [1.807, 2.05) is 6.92 Å². The summed E-state index contributed by atoms with van der Waals surface area (Å²) in [4.78, 5) is 24.1. The molecule has 1 aromatic rings. The molecule has 0 bridgehead atoms. The van der Waals surface area contributed by atoms with Crippen LogP contribution in [0.3, 0.4) is 0 Å². The summed E-state index contributed by atoms with van der Waals surface area (Å²) in [5, 5.41) is 9.94. The molecule has 1 unspecified atom stereocenters. The summed E-state index contributed by atoms with van der Waals surface area (Å²) in [5.41, 5.74) is -1.24. The molecule has 1 N–H and O–H groups in total. The summed E-state index contributed by atoms with van der Waals surface area (Å²) in [7, 11) is 0. The van der Waals surface area contributed by atoms with Crippen molar-refractivity contribution in [3.05, 3.63) is 33.8 Å². The number of hydrogen-bond donors (Lipinski definition) is 1. The number of carboxylic acids is 1. The van der Waals surface area contributed by atoms with E-state index in [-0.39, 0.29) is 10.0 Å². The molecule has 0 aliphatic carbocycles. The third-order valence-electron chi connectivity index (χ3n) is 3.06. The molecule has 1 aromatic carbocycles. The molecule has 0 radical (unpaired) electrons. The first-order chi connectivity index (χ1) is 8.89. The second-order valence-electron chi connectivity index (χ2n) is 4.28. The molecule has 1 rings (SSSR count).